The number of rotatable bonds is 7. The molecule has 0 radical (unpaired) electrons. The Morgan fingerprint density at radius 1 is 0.276 bits per heavy atom. The number of nitrogens with zero attached hydrogens (tertiary/aromatic N) is 2. The third-order valence-electron chi connectivity index (χ3n) is 11.6. The molecule has 2 nitrogen and oxygen atoms in total. The summed E-state index contributed by atoms with van der Waals surface area (Å²) in [5, 5.41) is 7.54. The van der Waals surface area contributed by atoms with Crippen LogP contribution in [-0.4, -0.2) is 4.57 Å². The molecule has 0 fully saturated rings. The molecule has 0 saturated heterocycles. The van der Waals surface area contributed by atoms with Gasteiger partial charge in [0.15, 0.2) is 0 Å². The quantitative estimate of drug-likeness (QED) is 0.148. The average Bonchev–Trinajstić information content (AvgIpc) is 3.64. The van der Waals surface area contributed by atoms with Crippen LogP contribution in [0.25, 0.3) is 82.4 Å². The van der Waals surface area contributed by atoms with E-state index >= 15 is 0 Å². The molecule has 1 aromatic heterocycles. The Bertz CT molecular complexity index is 3140. The molecule has 0 N–H and O–H groups in total. The summed E-state index contributed by atoms with van der Waals surface area (Å²) in [6, 6.07) is 83.6. The second-order valence-corrected chi connectivity index (χ2v) is 14.9. The van der Waals surface area contributed by atoms with Crippen LogP contribution in [0.4, 0.5) is 17.1 Å². The van der Waals surface area contributed by atoms with Crippen molar-refractivity contribution in [1.82, 2.24) is 4.57 Å². The first-order valence-corrected chi connectivity index (χ1v) is 19.9. The van der Waals surface area contributed by atoms with Gasteiger partial charge in [0.2, 0.25) is 0 Å². The summed E-state index contributed by atoms with van der Waals surface area (Å²) in [7, 11) is 0. The molecule has 10 aromatic carbocycles. The molecular formula is C56H38N2. The van der Waals surface area contributed by atoms with Crippen molar-refractivity contribution in [3.8, 4) is 39.1 Å². The molecule has 0 spiro atoms. The van der Waals surface area contributed by atoms with Gasteiger partial charge in [0.25, 0.3) is 0 Å². The van der Waals surface area contributed by atoms with Gasteiger partial charge in [0.1, 0.15) is 0 Å². The molecule has 0 amide bonds. The average molecular weight is 739 g/mol. The van der Waals surface area contributed by atoms with E-state index in [4.69, 9.17) is 0 Å². The molecule has 0 atom stereocenters. The van der Waals surface area contributed by atoms with Crippen molar-refractivity contribution in [1.29, 1.82) is 0 Å². The fraction of sp³-hybridized carbons (Fsp3) is 0. The monoisotopic (exact) mass is 738 g/mol. The summed E-state index contributed by atoms with van der Waals surface area (Å²) < 4.78 is 2.38. The number of benzene rings is 10. The van der Waals surface area contributed by atoms with E-state index in [1.54, 1.807) is 0 Å². The van der Waals surface area contributed by atoms with Gasteiger partial charge in [0, 0.05) is 33.4 Å². The molecular weight excluding hydrogens is 701 g/mol. The fourth-order valence-electron chi connectivity index (χ4n) is 9.04. The van der Waals surface area contributed by atoms with E-state index < -0.39 is 0 Å². The van der Waals surface area contributed by atoms with Gasteiger partial charge in [-0.2, -0.15) is 0 Å². The van der Waals surface area contributed by atoms with Crippen molar-refractivity contribution in [2.75, 3.05) is 4.90 Å². The number of anilines is 3. The molecule has 11 aromatic rings. The highest BCUT2D eigenvalue weighted by Gasteiger charge is 2.20. The van der Waals surface area contributed by atoms with Crippen LogP contribution in [-0.2, 0) is 0 Å². The summed E-state index contributed by atoms with van der Waals surface area (Å²) in [6.07, 6.45) is 0. The lowest BCUT2D eigenvalue weighted by Crippen LogP contribution is -2.11. The maximum atomic E-state index is 2.40. The van der Waals surface area contributed by atoms with E-state index in [1.165, 1.54) is 76.7 Å². The lowest BCUT2D eigenvalue weighted by molar-refractivity contribution is 1.17. The van der Waals surface area contributed by atoms with E-state index in [9.17, 15) is 0 Å². The number of fused-ring (bicyclic) bond motifs is 5. The van der Waals surface area contributed by atoms with Gasteiger partial charge in [-0.05, 0) is 104 Å². The molecule has 0 aliphatic heterocycles. The van der Waals surface area contributed by atoms with Crippen LogP contribution in [0.3, 0.4) is 0 Å². The van der Waals surface area contributed by atoms with Crippen molar-refractivity contribution in [3.05, 3.63) is 231 Å². The first-order chi connectivity index (χ1) is 28.8. The molecule has 11 rings (SSSR count). The van der Waals surface area contributed by atoms with E-state index in [0.29, 0.717) is 0 Å². The predicted octanol–water partition coefficient (Wildman–Crippen LogP) is 15.6. The summed E-state index contributed by atoms with van der Waals surface area (Å²) >= 11 is 0. The molecule has 2 heteroatoms. The summed E-state index contributed by atoms with van der Waals surface area (Å²) in [6.45, 7) is 0. The zero-order chi connectivity index (χ0) is 38.4. The number of aromatic nitrogens is 1. The lowest BCUT2D eigenvalue weighted by atomic mass is 9.86. The second kappa shape index (κ2) is 14.1. The van der Waals surface area contributed by atoms with E-state index in [2.05, 4.69) is 240 Å². The Balaban J connectivity index is 1.08. The Morgan fingerprint density at radius 3 is 1.17 bits per heavy atom. The lowest BCUT2D eigenvalue weighted by Gasteiger charge is -2.28. The van der Waals surface area contributed by atoms with Crippen LogP contribution in [0.1, 0.15) is 0 Å². The first-order valence-electron chi connectivity index (χ1n) is 19.9. The summed E-state index contributed by atoms with van der Waals surface area (Å²) in [4.78, 5) is 2.40. The molecule has 1 heterocycles. The largest absolute Gasteiger partial charge is 0.310 e. The van der Waals surface area contributed by atoms with Gasteiger partial charge in [0.05, 0.1) is 16.7 Å². The van der Waals surface area contributed by atoms with Gasteiger partial charge in [-0.3, -0.25) is 0 Å². The van der Waals surface area contributed by atoms with E-state index in [1.807, 2.05) is 0 Å². The smallest absolute Gasteiger partial charge is 0.0541 e. The van der Waals surface area contributed by atoms with Gasteiger partial charge in [-0.1, -0.05) is 176 Å². The Kier molecular flexibility index (Phi) is 8.19. The van der Waals surface area contributed by atoms with E-state index in [-0.39, 0.29) is 0 Å². The second-order valence-electron chi connectivity index (χ2n) is 14.9. The van der Waals surface area contributed by atoms with Gasteiger partial charge < -0.3 is 9.47 Å². The van der Waals surface area contributed by atoms with Crippen molar-refractivity contribution < 1.29 is 0 Å². The molecule has 58 heavy (non-hydrogen) atoms. The minimum Gasteiger partial charge on any atom is -0.310 e. The third kappa shape index (κ3) is 5.57. The normalized spacial score (nSPS) is 11.4. The topological polar surface area (TPSA) is 8.17 Å². The van der Waals surface area contributed by atoms with Crippen molar-refractivity contribution in [3.63, 3.8) is 0 Å². The number of hydrogen-bond donors (Lipinski definition) is 0. The van der Waals surface area contributed by atoms with Crippen LogP contribution in [0.5, 0.6) is 0 Å². The van der Waals surface area contributed by atoms with Crippen molar-refractivity contribution >= 4 is 60.4 Å². The Labute approximate surface area is 338 Å². The minimum absolute atomic E-state index is 1.09. The highest BCUT2D eigenvalue weighted by atomic mass is 15.1. The third-order valence-corrected chi connectivity index (χ3v) is 11.6. The van der Waals surface area contributed by atoms with Crippen molar-refractivity contribution in [2.24, 2.45) is 0 Å². The maximum absolute atomic E-state index is 2.40. The molecule has 272 valence electrons. The Morgan fingerprint density at radius 2 is 0.655 bits per heavy atom. The number of hydrogen-bond acceptors (Lipinski definition) is 1. The SMILES string of the molecule is c1ccc(-c2ccccc2N(c2ccc(-c3c4ccccc4c(-c4ccccc4)c4ccccc34)cc2)c2ccc(-n3c4ccccc4c4ccccc43)cc2)cc1. The summed E-state index contributed by atoms with van der Waals surface area (Å²) in [5.41, 5.74) is 14.1. The molecule has 0 bridgehead atoms. The van der Waals surface area contributed by atoms with Crippen LogP contribution in [0.2, 0.25) is 0 Å². The van der Waals surface area contributed by atoms with Crippen LogP contribution >= 0.6 is 0 Å². The molecule has 0 unspecified atom stereocenters. The van der Waals surface area contributed by atoms with Gasteiger partial charge in [-0.25, -0.2) is 0 Å². The molecule has 0 aliphatic carbocycles. The zero-order valence-electron chi connectivity index (χ0n) is 31.8. The van der Waals surface area contributed by atoms with Crippen molar-refractivity contribution in [2.45, 2.75) is 0 Å². The summed E-state index contributed by atoms with van der Waals surface area (Å²) in [5.74, 6) is 0. The number of para-hydroxylation sites is 3. The first kappa shape index (κ1) is 33.6. The predicted molar refractivity (Wildman–Crippen MR) is 247 cm³/mol. The van der Waals surface area contributed by atoms with Crippen LogP contribution in [0, 0.1) is 0 Å². The maximum Gasteiger partial charge on any atom is 0.0541 e. The van der Waals surface area contributed by atoms with Gasteiger partial charge >= 0.3 is 0 Å². The highest BCUT2D eigenvalue weighted by molar-refractivity contribution is 6.21. The van der Waals surface area contributed by atoms with Gasteiger partial charge in [-0.15, -0.1) is 0 Å². The highest BCUT2D eigenvalue weighted by Crippen LogP contribution is 2.46. The van der Waals surface area contributed by atoms with Crippen LogP contribution < -0.4 is 4.90 Å². The van der Waals surface area contributed by atoms with E-state index in [0.717, 1.165) is 22.7 Å². The zero-order valence-corrected chi connectivity index (χ0v) is 31.8. The Hall–Kier alpha value is -7.68. The molecule has 0 aliphatic rings. The molecule has 0 saturated carbocycles. The minimum atomic E-state index is 1.09. The fourth-order valence-corrected chi connectivity index (χ4v) is 9.04. The van der Waals surface area contributed by atoms with Crippen LogP contribution in [0.15, 0.2) is 231 Å². The standard InChI is InChI=1S/C56H38N2/c1-3-17-39(18-4-1)45-21-11-14-28-52(45)57(43-35-37-44(38-36-43)58-53-29-15-12-22-46(53)47-23-13-16-30-54(47)58)42-33-31-41(32-34-42)56-50-26-9-7-24-48(50)55(40-19-5-2-6-20-40)49-25-8-10-27-51(49)56/h1-38H.